The number of halogens is 1. The van der Waals surface area contributed by atoms with Crippen LogP contribution in [-0.2, 0) is 0 Å². The van der Waals surface area contributed by atoms with Crippen LogP contribution in [0.4, 0.5) is 10.1 Å². The van der Waals surface area contributed by atoms with Crippen molar-refractivity contribution in [3.05, 3.63) is 29.6 Å². The second-order valence-corrected chi connectivity index (χ2v) is 4.41. The molecule has 1 aromatic rings. The Kier molecular flexibility index (Phi) is 3.24. The first kappa shape index (κ1) is 10.5. The minimum absolute atomic E-state index is 0.124. The summed E-state index contributed by atoms with van der Waals surface area (Å²) in [5.41, 5.74) is 1.70. The van der Waals surface area contributed by atoms with Crippen LogP contribution in [0.25, 0.3) is 0 Å². The van der Waals surface area contributed by atoms with Gasteiger partial charge in [0.15, 0.2) is 0 Å². The third-order valence-electron chi connectivity index (χ3n) is 3.18. The topological polar surface area (TPSA) is 12.0 Å². The Balaban J connectivity index is 2.09. The van der Waals surface area contributed by atoms with Crippen molar-refractivity contribution in [1.82, 2.24) is 0 Å². The fourth-order valence-electron chi connectivity index (χ4n) is 2.27. The highest BCUT2D eigenvalue weighted by molar-refractivity contribution is 5.52. The zero-order chi connectivity index (χ0) is 10.7. The number of hydrogen-bond acceptors (Lipinski definition) is 1. The zero-order valence-corrected chi connectivity index (χ0v) is 9.22. The molecule has 2 heteroatoms. The van der Waals surface area contributed by atoms with Crippen LogP contribution in [0.5, 0.6) is 0 Å². The Morgan fingerprint density at radius 2 is 1.93 bits per heavy atom. The third kappa shape index (κ3) is 2.49. The van der Waals surface area contributed by atoms with E-state index in [9.17, 15) is 4.39 Å². The molecule has 2 rings (SSSR count). The van der Waals surface area contributed by atoms with Gasteiger partial charge in [-0.2, -0.15) is 0 Å². The zero-order valence-electron chi connectivity index (χ0n) is 9.22. The van der Waals surface area contributed by atoms with E-state index in [1.165, 1.54) is 38.2 Å². The second-order valence-electron chi connectivity index (χ2n) is 4.41. The molecule has 15 heavy (non-hydrogen) atoms. The molecule has 0 unspecified atom stereocenters. The minimum atomic E-state index is -0.124. The number of para-hydroxylation sites is 1. The monoisotopic (exact) mass is 207 g/mol. The number of rotatable bonds is 2. The molecule has 1 nitrogen and oxygen atoms in total. The first-order valence-electron chi connectivity index (χ1n) is 5.79. The van der Waals surface area contributed by atoms with E-state index in [2.05, 4.69) is 5.32 Å². The lowest BCUT2D eigenvalue weighted by Gasteiger charge is -2.24. The molecule has 1 aromatic carbocycles. The van der Waals surface area contributed by atoms with Gasteiger partial charge < -0.3 is 5.32 Å². The Hall–Kier alpha value is -1.05. The van der Waals surface area contributed by atoms with Gasteiger partial charge in [0.1, 0.15) is 5.82 Å². The number of aryl methyl sites for hydroxylation is 1. The number of nitrogens with one attached hydrogen (secondary N) is 1. The lowest BCUT2D eigenvalue weighted by molar-refractivity contribution is 0.460. The molecule has 82 valence electrons. The van der Waals surface area contributed by atoms with Gasteiger partial charge in [0, 0.05) is 6.04 Å². The van der Waals surface area contributed by atoms with E-state index >= 15 is 0 Å². The molecule has 0 radical (unpaired) electrons. The van der Waals surface area contributed by atoms with Gasteiger partial charge in [0.05, 0.1) is 5.69 Å². The summed E-state index contributed by atoms with van der Waals surface area (Å²) in [6, 6.07) is 5.71. The van der Waals surface area contributed by atoms with Gasteiger partial charge >= 0.3 is 0 Å². The Bertz CT molecular complexity index is 309. The number of anilines is 1. The van der Waals surface area contributed by atoms with E-state index in [4.69, 9.17) is 0 Å². The molecule has 0 bridgehead atoms. The van der Waals surface area contributed by atoms with E-state index < -0.39 is 0 Å². The van der Waals surface area contributed by atoms with Crippen LogP contribution in [0.3, 0.4) is 0 Å². The normalized spacial score (nSPS) is 17.7. The van der Waals surface area contributed by atoms with E-state index in [0.717, 1.165) is 5.56 Å². The van der Waals surface area contributed by atoms with Crippen molar-refractivity contribution in [2.75, 3.05) is 5.32 Å². The third-order valence-corrected chi connectivity index (χ3v) is 3.18. The molecular formula is C13H18FN. The average molecular weight is 207 g/mol. The molecule has 0 aromatic heterocycles. The fraction of sp³-hybridized carbons (Fsp3) is 0.538. The number of benzene rings is 1. The van der Waals surface area contributed by atoms with Gasteiger partial charge in [-0.05, 0) is 31.4 Å². The predicted molar refractivity (Wildman–Crippen MR) is 61.6 cm³/mol. The summed E-state index contributed by atoms with van der Waals surface area (Å²) in [5.74, 6) is -0.124. The van der Waals surface area contributed by atoms with Gasteiger partial charge in [-0.1, -0.05) is 31.4 Å². The van der Waals surface area contributed by atoms with Crippen LogP contribution < -0.4 is 5.32 Å². The first-order chi connectivity index (χ1) is 7.27. The molecule has 1 saturated carbocycles. The van der Waals surface area contributed by atoms with Crippen LogP contribution in [0.15, 0.2) is 18.2 Å². The molecule has 0 saturated heterocycles. The molecule has 1 aliphatic carbocycles. The van der Waals surface area contributed by atoms with Crippen molar-refractivity contribution < 1.29 is 4.39 Å². The van der Waals surface area contributed by atoms with E-state index in [1.54, 1.807) is 6.07 Å². The summed E-state index contributed by atoms with van der Waals surface area (Å²) in [6.07, 6.45) is 6.21. The van der Waals surface area contributed by atoms with Crippen molar-refractivity contribution in [2.45, 2.75) is 45.1 Å². The van der Waals surface area contributed by atoms with Gasteiger partial charge in [0.2, 0.25) is 0 Å². The molecule has 0 spiro atoms. The predicted octanol–water partition coefficient (Wildman–Crippen LogP) is 3.88. The molecule has 1 N–H and O–H groups in total. The van der Waals surface area contributed by atoms with Crippen molar-refractivity contribution >= 4 is 5.69 Å². The lowest BCUT2D eigenvalue weighted by Crippen LogP contribution is -2.23. The van der Waals surface area contributed by atoms with Gasteiger partial charge in [-0.3, -0.25) is 0 Å². The van der Waals surface area contributed by atoms with Crippen molar-refractivity contribution in [1.29, 1.82) is 0 Å². The van der Waals surface area contributed by atoms with Crippen LogP contribution in [0.1, 0.15) is 37.7 Å². The summed E-state index contributed by atoms with van der Waals surface area (Å²) >= 11 is 0. The summed E-state index contributed by atoms with van der Waals surface area (Å²) in [6.45, 7) is 1.95. The maximum atomic E-state index is 13.5. The minimum Gasteiger partial charge on any atom is -0.380 e. The largest absolute Gasteiger partial charge is 0.380 e. The van der Waals surface area contributed by atoms with Gasteiger partial charge in [-0.15, -0.1) is 0 Å². The molecule has 0 amide bonds. The summed E-state index contributed by atoms with van der Waals surface area (Å²) in [7, 11) is 0. The smallest absolute Gasteiger partial charge is 0.146 e. The quantitative estimate of drug-likeness (QED) is 0.776. The fourth-order valence-corrected chi connectivity index (χ4v) is 2.27. The standard InChI is InChI=1S/C13H18FN/c1-10-6-5-9-12(14)13(10)15-11-7-3-2-4-8-11/h5-6,9,11,15H,2-4,7-8H2,1H3. The van der Waals surface area contributed by atoms with Crippen molar-refractivity contribution in [3.63, 3.8) is 0 Å². The van der Waals surface area contributed by atoms with Crippen LogP contribution >= 0.6 is 0 Å². The molecule has 1 fully saturated rings. The van der Waals surface area contributed by atoms with Crippen LogP contribution in [0, 0.1) is 12.7 Å². The van der Waals surface area contributed by atoms with Crippen molar-refractivity contribution in [2.24, 2.45) is 0 Å². The SMILES string of the molecule is Cc1cccc(F)c1NC1CCCCC1. The van der Waals surface area contributed by atoms with Gasteiger partial charge in [0.25, 0.3) is 0 Å². The highest BCUT2D eigenvalue weighted by atomic mass is 19.1. The maximum absolute atomic E-state index is 13.5. The highest BCUT2D eigenvalue weighted by Gasteiger charge is 2.15. The average Bonchev–Trinajstić information content (AvgIpc) is 2.25. The van der Waals surface area contributed by atoms with E-state index in [0.29, 0.717) is 11.7 Å². The highest BCUT2D eigenvalue weighted by Crippen LogP contribution is 2.25. The summed E-state index contributed by atoms with van der Waals surface area (Å²) in [4.78, 5) is 0. The number of hydrogen-bond donors (Lipinski definition) is 1. The molecule has 0 atom stereocenters. The van der Waals surface area contributed by atoms with E-state index in [1.807, 2.05) is 13.0 Å². The molecule has 0 heterocycles. The molecular weight excluding hydrogens is 189 g/mol. The molecule has 0 aliphatic heterocycles. The maximum Gasteiger partial charge on any atom is 0.146 e. The molecule has 1 aliphatic rings. The second kappa shape index (κ2) is 4.65. The summed E-state index contributed by atoms with van der Waals surface area (Å²) < 4.78 is 13.5. The van der Waals surface area contributed by atoms with Gasteiger partial charge in [-0.25, -0.2) is 4.39 Å². The lowest BCUT2D eigenvalue weighted by atomic mass is 9.95. The Morgan fingerprint density at radius 3 is 2.60 bits per heavy atom. The summed E-state index contributed by atoms with van der Waals surface area (Å²) in [5, 5.41) is 3.34. The van der Waals surface area contributed by atoms with E-state index in [-0.39, 0.29) is 5.82 Å². The van der Waals surface area contributed by atoms with Crippen LogP contribution in [0.2, 0.25) is 0 Å². The first-order valence-corrected chi connectivity index (χ1v) is 5.79. The Morgan fingerprint density at radius 1 is 1.20 bits per heavy atom. The Labute approximate surface area is 90.7 Å². The van der Waals surface area contributed by atoms with Crippen LogP contribution in [-0.4, -0.2) is 6.04 Å². The van der Waals surface area contributed by atoms with Crippen molar-refractivity contribution in [3.8, 4) is 0 Å².